The molecule has 0 heterocycles. The van der Waals surface area contributed by atoms with Gasteiger partial charge in [-0.2, -0.15) is 0 Å². The monoisotopic (exact) mass is 402 g/mol. The summed E-state index contributed by atoms with van der Waals surface area (Å²) in [5, 5.41) is 6.86. The number of rotatable bonds is 7. The van der Waals surface area contributed by atoms with Crippen LogP contribution in [0.5, 0.6) is 0 Å². The van der Waals surface area contributed by atoms with Gasteiger partial charge in [0.2, 0.25) is 11.8 Å². The smallest absolute Gasteiger partial charge is 0.321 e. The molecule has 0 radical (unpaired) electrons. The Hall–Kier alpha value is -2.62. The first-order valence-electron chi connectivity index (χ1n) is 8.70. The first kappa shape index (κ1) is 23.4. The van der Waals surface area contributed by atoms with Gasteiger partial charge in [-0.1, -0.05) is 6.92 Å². The van der Waals surface area contributed by atoms with Crippen molar-refractivity contribution in [3.8, 4) is 0 Å². The second-order valence-electron chi connectivity index (χ2n) is 7.23. The zero-order valence-corrected chi connectivity index (χ0v) is 16.3. The Morgan fingerprint density at radius 2 is 1.61 bits per heavy atom. The number of nitrogens with zero attached hydrogens (tertiary/aromatic N) is 1. The van der Waals surface area contributed by atoms with E-state index < -0.39 is 46.5 Å². The molecule has 0 unspecified atom stereocenters. The van der Waals surface area contributed by atoms with E-state index in [4.69, 9.17) is 0 Å². The van der Waals surface area contributed by atoms with Crippen molar-refractivity contribution in [3.63, 3.8) is 0 Å². The molecule has 0 saturated heterocycles. The molecule has 0 atom stereocenters. The van der Waals surface area contributed by atoms with Gasteiger partial charge in [-0.25, -0.2) is 18.0 Å². The highest BCUT2D eigenvalue weighted by molar-refractivity contribution is 5.96. The van der Waals surface area contributed by atoms with Crippen LogP contribution in [0.15, 0.2) is 12.1 Å². The van der Waals surface area contributed by atoms with Crippen LogP contribution in [-0.2, 0) is 9.59 Å². The van der Waals surface area contributed by atoms with Gasteiger partial charge in [0.1, 0.15) is 0 Å². The largest absolute Gasteiger partial charge is 0.333 e. The lowest BCUT2D eigenvalue weighted by atomic mass is 10.1. The highest BCUT2D eigenvalue weighted by atomic mass is 19.2. The molecule has 4 amide bonds. The van der Waals surface area contributed by atoms with E-state index in [-0.39, 0.29) is 13.1 Å². The van der Waals surface area contributed by atoms with Gasteiger partial charge in [-0.3, -0.25) is 19.8 Å². The minimum atomic E-state index is -1.69. The molecule has 28 heavy (non-hydrogen) atoms. The Labute approximate surface area is 161 Å². The van der Waals surface area contributed by atoms with Gasteiger partial charge < -0.3 is 10.6 Å². The number of urea groups is 1. The third-order valence-corrected chi connectivity index (χ3v) is 3.33. The summed E-state index contributed by atoms with van der Waals surface area (Å²) in [4.78, 5) is 37.3. The quantitative estimate of drug-likeness (QED) is 0.611. The van der Waals surface area contributed by atoms with Crippen molar-refractivity contribution in [1.82, 2.24) is 15.5 Å². The van der Waals surface area contributed by atoms with Gasteiger partial charge in [0.25, 0.3) is 0 Å². The van der Waals surface area contributed by atoms with Crippen molar-refractivity contribution in [3.05, 3.63) is 29.6 Å². The van der Waals surface area contributed by atoms with Crippen molar-refractivity contribution in [2.24, 2.45) is 0 Å². The Kier molecular flexibility index (Phi) is 8.42. The van der Waals surface area contributed by atoms with E-state index in [0.29, 0.717) is 19.0 Å². The molecular weight excluding hydrogens is 377 g/mol. The van der Waals surface area contributed by atoms with E-state index in [1.165, 1.54) is 4.90 Å². The zero-order valence-electron chi connectivity index (χ0n) is 16.3. The first-order valence-corrected chi connectivity index (χ1v) is 8.70. The number of anilines is 1. The second kappa shape index (κ2) is 10.1. The van der Waals surface area contributed by atoms with Crippen LogP contribution in [0.2, 0.25) is 0 Å². The molecule has 0 fully saturated rings. The van der Waals surface area contributed by atoms with Crippen LogP contribution < -0.4 is 16.0 Å². The molecule has 10 heteroatoms. The predicted octanol–water partition coefficient (Wildman–Crippen LogP) is 2.38. The minimum Gasteiger partial charge on any atom is -0.333 e. The molecule has 7 nitrogen and oxygen atoms in total. The number of hydrogen-bond acceptors (Lipinski definition) is 4. The van der Waals surface area contributed by atoms with Gasteiger partial charge in [-0.15, -0.1) is 0 Å². The molecule has 156 valence electrons. The Morgan fingerprint density at radius 3 is 2.18 bits per heavy atom. The molecule has 1 rings (SSSR count). The van der Waals surface area contributed by atoms with Crippen LogP contribution in [0.25, 0.3) is 0 Å². The van der Waals surface area contributed by atoms with E-state index in [9.17, 15) is 27.6 Å². The zero-order chi connectivity index (χ0) is 21.5. The molecule has 0 bridgehead atoms. The van der Waals surface area contributed by atoms with Gasteiger partial charge in [0, 0.05) is 5.54 Å². The van der Waals surface area contributed by atoms with Crippen LogP contribution in [0.1, 0.15) is 34.1 Å². The summed E-state index contributed by atoms with van der Waals surface area (Å²) in [7, 11) is 0. The topological polar surface area (TPSA) is 90.5 Å². The van der Waals surface area contributed by atoms with Crippen LogP contribution in [0.3, 0.4) is 0 Å². The number of amides is 4. The van der Waals surface area contributed by atoms with Gasteiger partial charge >= 0.3 is 6.03 Å². The normalized spacial score (nSPS) is 11.3. The molecule has 0 aromatic heterocycles. The van der Waals surface area contributed by atoms with Crippen LogP contribution in [0, 0.1) is 17.5 Å². The van der Waals surface area contributed by atoms with Gasteiger partial charge in [0.15, 0.2) is 17.5 Å². The fourth-order valence-electron chi connectivity index (χ4n) is 2.29. The maximum Gasteiger partial charge on any atom is 0.321 e. The number of carbonyl (C=O) groups is 3. The number of carbonyl (C=O) groups excluding carboxylic acids is 3. The number of imide groups is 1. The fourth-order valence-corrected chi connectivity index (χ4v) is 2.29. The third kappa shape index (κ3) is 7.95. The fraction of sp³-hybridized carbons (Fsp3) is 0.500. The predicted molar refractivity (Wildman–Crippen MR) is 98.1 cm³/mol. The molecular formula is C18H25F3N4O3. The lowest BCUT2D eigenvalue weighted by Crippen LogP contribution is -2.50. The first-order chi connectivity index (χ1) is 12.9. The summed E-state index contributed by atoms with van der Waals surface area (Å²) in [6, 6.07) is 0.931. The Morgan fingerprint density at radius 1 is 1.00 bits per heavy atom. The number of hydrogen-bond donors (Lipinski definition) is 3. The Balaban J connectivity index is 2.66. The molecule has 3 N–H and O–H groups in total. The number of halogens is 3. The van der Waals surface area contributed by atoms with E-state index in [2.05, 4.69) is 16.0 Å². The van der Waals surface area contributed by atoms with E-state index in [1.807, 2.05) is 6.92 Å². The number of nitrogens with one attached hydrogen (secondary N) is 3. The molecule has 1 aromatic carbocycles. The molecule has 1 aromatic rings. The van der Waals surface area contributed by atoms with Crippen LogP contribution in [-0.4, -0.2) is 47.9 Å². The molecule has 0 aliphatic rings. The summed E-state index contributed by atoms with van der Waals surface area (Å²) in [6.45, 7) is 6.87. The summed E-state index contributed by atoms with van der Waals surface area (Å²) >= 11 is 0. The Bertz CT molecular complexity index is 736. The molecule has 0 aliphatic carbocycles. The standard InChI is InChI=1S/C18H25F3N4O3/c1-5-8-25(10-14(27)23-17(28)24-18(2,3)4)9-13(26)22-12-7-6-11(19)15(20)16(12)21/h6-7H,5,8-10H2,1-4H3,(H,22,26)(H2,23,24,27,28). The maximum atomic E-state index is 13.6. The minimum absolute atomic E-state index is 0.251. The molecule has 0 saturated carbocycles. The SMILES string of the molecule is CCCN(CC(=O)NC(=O)NC(C)(C)C)CC(=O)Nc1ccc(F)c(F)c1F. The lowest BCUT2D eigenvalue weighted by molar-refractivity contribution is -0.122. The van der Waals surface area contributed by atoms with Gasteiger partial charge in [0.05, 0.1) is 18.8 Å². The lowest BCUT2D eigenvalue weighted by Gasteiger charge is -2.22. The average Bonchev–Trinajstić information content (AvgIpc) is 2.53. The van der Waals surface area contributed by atoms with Crippen molar-refractivity contribution in [2.45, 2.75) is 39.7 Å². The number of benzene rings is 1. The highest BCUT2D eigenvalue weighted by Gasteiger charge is 2.20. The average molecular weight is 402 g/mol. The van der Waals surface area contributed by atoms with Crippen LogP contribution >= 0.6 is 0 Å². The van der Waals surface area contributed by atoms with Crippen molar-refractivity contribution in [2.75, 3.05) is 25.0 Å². The second-order valence-corrected chi connectivity index (χ2v) is 7.23. The van der Waals surface area contributed by atoms with E-state index in [0.717, 1.165) is 6.07 Å². The van der Waals surface area contributed by atoms with Crippen molar-refractivity contribution in [1.29, 1.82) is 0 Å². The molecule has 0 spiro atoms. The molecule has 0 aliphatic heterocycles. The van der Waals surface area contributed by atoms with Crippen molar-refractivity contribution < 1.29 is 27.6 Å². The highest BCUT2D eigenvalue weighted by Crippen LogP contribution is 2.19. The van der Waals surface area contributed by atoms with E-state index in [1.54, 1.807) is 20.8 Å². The summed E-state index contributed by atoms with van der Waals surface area (Å²) in [5.41, 5.74) is -1.03. The van der Waals surface area contributed by atoms with Crippen LogP contribution in [0.4, 0.5) is 23.7 Å². The van der Waals surface area contributed by atoms with Gasteiger partial charge in [-0.05, 0) is 45.9 Å². The summed E-state index contributed by atoms with van der Waals surface area (Å²) in [6.07, 6.45) is 0.605. The summed E-state index contributed by atoms with van der Waals surface area (Å²) < 4.78 is 39.8. The maximum absolute atomic E-state index is 13.6. The third-order valence-electron chi connectivity index (χ3n) is 3.33. The van der Waals surface area contributed by atoms with E-state index >= 15 is 0 Å². The summed E-state index contributed by atoms with van der Waals surface area (Å²) in [5.74, 6) is -5.90. The van der Waals surface area contributed by atoms with Crippen molar-refractivity contribution >= 4 is 23.5 Å².